The van der Waals surface area contributed by atoms with Gasteiger partial charge in [-0.1, -0.05) is 13.3 Å². The van der Waals surface area contributed by atoms with E-state index in [4.69, 9.17) is 5.73 Å². The third-order valence-electron chi connectivity index (χ3n) is 2.40. The number of hydrogen-bond donors (Lipinski definition) is 1. The highest BCUT2D eigenvalue weighted by atomic mass is 19.3. The lowest BCUT2D eigenvalue weighted by Gasteiger charge is -2.13. The van der Waals surface area contributed by atoms with Crippen LogP contribution in [0.1, 0.15) is 36.5 Å². The molecule has 1 aromatic carbocycles. The molecule has 0 aliphatic rings. The Morgan fingerprint density at radius 1 is 1.40 bits per heavy atom. The Morgan fingerprint density at radius 3 is 2.47 bits per heavy atom. The van der Waals surface area contributed by atoms with E-state index in [1.165, 1.54) is 13.0 Å². The number of aryl methyl sites for hydroxylation is 1. The Bertz CT molecular complexity index is 361. The number of alkyl halides is 2. The molecule has 0 fully saturated rings. The summed E-state index contributed by atoms with van der Waals surface area (Å²) in [5, 5.41) is 0. The minimum absolute atomic E-state index is 0.0338. The topological polar surface area (TPSA) is 26.0 Å². The van der Waals surface area contributed by atoms with Crippen LogP contribution in [0, 0.1) is 12.7 Å². The van der Waals surface area contributed by atoms with Crippen molar-refractivity contribution in [3.05, 3.63) is 28.6 Å². The van der Waals surface area contributed by atoms with Crippen molar-refractivity contribution in [1.29, 1.82) is 0 Å². The number of anilines is 1. The molecule has 0 aliphatic carbocycles. The van der Waals surface area contributed by atoms with Crippen LogP contribution in [0.5, 0.6) is 0 Å². The third kappa shape index (κ3) is 2.25. The van der Waals surface area contributed by atoms with Gasteiger partial charge in [-0.3, -0.25) is 0 Å². The highest BCUT2D eigenvalue weighted by Gasteiger charge is 2.20. The highest BCUT2D eigenvalue weighted by molar-refractivity contribution is 5.51. The Hall–Kier alpha value is -1.19. The number of benzene rings is 1. The minimum atomic E-state index is -2.65. The summed E-state index contributed by atoms with van der Waals surface area (Å²) in [6.45, 7) is 3.22. The molecular weight excluding hydrogens is 203 g/mol. The summed E-state index contributed by atoms with van der Waals surface area (Å²) < 4.78 is 38.7. The van der Waals surface area contributed by atoms with Crippen molar-refractivity contribution in [2.45, 2.75) is 33.1 Å². The molecule has 1 nitrogen and oxygen atoms in total. The van der Waals surface area contributed by atoms with E-state index >= 15 is 0 Å². The third-order valence-corrected chi connectivity index (χ3v) is 2.40. The molecule has 0 aliphatic heterocycles. The second kappa shape index (κ2) is 4.55. The maximum atomic E-state index is 13.3. The second-order valence-electron chi connectivity index (χ2n) is 3.53. The SMILES string of the molecule is CCCc1cc(N)c(F)c(C)c1C(F)F. The van der Waals surface area contributed by atoms with E-state index in [9.17, 15) is 13.2 Å². The van der Waals surface area contributed by atoms with Crippen LogP contribution in [-0.4, -0.2) is 0 Å². The van der Waals surface area contributed by atoms with Gasteiger partial charge < -0.3 is 5.73 Å². The van der Waals surface area contributed by atoms with Crippen LogP contribution in [0.4, 0.5) is 18.9 Å². The minimum Gasteiger partial charge on any atom is -0.396 e. The van der Waals surface area contributed by atoms with E-state index in [1.54, 1.807) is 0 Å². The molecular formula is C11H14F3N. The van der Waals surface area contributed by atoms with Crippen LogP contribution >= 0.6 is 0 Å². The molecule has 0 heterocycles. The van der Waals surface area contributed by atoms with Crippen molar-refractivity contribution in [2.24, 2.45) is 0 Å². The molecule has 0 saturated heterocycles. The predicted molar refractivity (Wildman–Crippen MR) is 54.5 cm³/mol. The first kappa shape index (κ1) is 11.9. The van der Waals surface area contributed by atoms with Gasteiger partial charge in [0.2, 0.25) is 0 Å². The average molecular weight is 217 g/mol. The van der Waals surface area contributed by atoms with Crippen LogP contribution in [-0.2, 0) is 6.42 Å². The van der Waals surface area contributed by atoms with Crippen LogP contribution < -0.4 is 5.73 Å². The Kier molecular flexibility index (Phi) is 3.61. The van der Waals surface area contributed by atoms with Crippen molar-refractivity contribution >= 4 is 5.69 Å². The average Bonchev–Trinajstić information content (AvgIpc) is 2.14. The molecule has 0 bridgehead atoms. The van der Waals surface area contributed by atoms with E-state index in [-0.39, 0.29) is 16.8 Å². The van der Waals surface area contributed by atoms with Crippen molar-refractivity contribution in [2.75, 3.05) is 5.73 Å². The van der Waals surface area contributed by atoms with Crippen LogP contribution in [0.3, 0.4) is 0 Å². The summed E-state index contributed by atoms with van der Waals surface area (Å²) in [6.07, 6.45) is -1.43. The normalized spacial score (nSPS) is 11.1. The first-order valence-electron chi connectivity index (χ1n) is 4.84. The number of nitrogen functional groups attached to an aromatic ring is 1. The fraction of sp³-hybridized carbons (Fsp3) is 0.455. The molecule has 0 atom stereocenters. The van der Waals surface area contributed by atoms with E-state index in [0.29, 0.717) is 12.0 Å². The van der Waals surface area contributed by atoms with Gasteiger partial charge in [0.05, 0.1) is 5.69 Å². The standard InChI is InChI=1S/C11H14F3N/c1-3-4-7-5-8(15)10(12)6(2)9(7)11(13)14/h5,11H,3-4,15H2,1-2H3. The molecule has 0 unspecified atom stereocenters. The molecule has 0 radical (unpaired) electrons. The maximum Gasteiger partial charge on any atom is 0.264 e. The molecule has 0 saturated carbocycles. The number of rotatable bonds is 3. The van der Waals surface area contributed by atoms with Crippen LogP contribution in [0.25, 0.3) is 0 Å². The van der Waals surface area contributed by atoms with E-state index < -0.39 is 12.2 Å². The monoisotopic (exact) mass is 217 g/mol. The molecule has 0 amide bonds. The Morgan fingerprint density at radius 2 is 2.00 bits per heavy atom. The Labute approximate surface area is 87.1 Å². The summed E-state index contributed by atoms with van der Waals surface area (Å²) in [4.78, 5) is 0. The van der Waals surface area contributed by atoms with Gasteiger partial charge in [-0.25, -0.2) is 13.2 Å². The Balaban J connectivity index is 3.36. The zero-order chi connectivity index (χ0) is 11.6. The number of nitrogens with two attached hydrogens (primary N) is 1. The highest BCUT2D eigenvalue weighted by Crippen LogP contribution is 2.31. The van der Waals surface area contributed by atoms with Crippen molar-refractivity contribution in [3.63, 3.8) is 0 Å². The summed E-state index contributed by atoms with van der Waals surface area (Å²) >= 11 is 0. The lowest BCUT2D eigenvalue weighted by molar-refractivity contribution is 0.149. The van der Waals surface area contributed by atoms with Gasteiger partial charge in [-0.15, -0.1) is 0 Å². The van der Waals surface area contributed by atoms with Crippen molar-refractivity contribution in [3.8, 4) is 0 Å². The molecule has 2 N–H and O–H groups in total. The summed E-state index contributed by atoms with van der Waals surface area (Å²) in [6, 6.07) is 1.31. The fourth-order valence-electron chi connectivity index (χ4n) is 1.68. The van der Waals surface area contributed by atoms with Crippen molar-refractivity contribution < 1.29 is 13.2 Å². The van der Waals surface area contributed by atoms with Gasteiger partial charge in [-0.2, -0.15) is 0 Å². The van der Waals surface area contributed by atoms with Gasteiger partial charge in [-0.05, 0) is 30.5 Å². The van der Waals surface area contributed by atoms with Crippen LogP contribution in [0.15, 0.2) is 6.07 Å². The van der Waals surface area contributed by atoms with Crippen molar-refractivity contribution in [1.82, 2.24) is 0 Å². The zero-order valence-corrected chi connectivity index (χ0v) is 8.78. The number of hydrogen-bond acceptors (Lipinski definition) is 1. The van der Waals surface area contributed by atoms with Gasteiger partial charge in [0, 0.05) is 5.56 Å². The van der Waals surface area contributed by atoms with E-state index in [1.807, 2.05) is 6.92 Å². The first-order valence-corrected chi connectivity index (χ1v) is 4.84. The molecule has 1 rings (SSSR count). The van der Waals surface area contributed by atoms with Gasteiger partial charge >= 0.3 is 0 Å². The summed E-state index contributed by atoms with van der Waals surface area (Å²) in [5.74, 6) is -0.731. The number of halogens is 3. The van der Waals surface area contributed by atoms with E-state index in [2.05, 4.69) is 0 Å². The fourth-order valence-corrected chi connectivity index (χ4v) is 1.68. The van der Waals surface area contributed by atoms with Crippen LogP contribution in [0.2, 0.25) is 0 Å². The molecule has 0 spiro atoms. The quantitative estimate of drug-likeness (QED) is 0.769. The molecule has 15 heavy (non-hydrogen) atoms. The molecule has 0 aromatic heterocycles. The zero-order valence-electron chi connectivity index (χ0n) is 8.78. The maximum absolute atomic E-state index is 13.3. The molecule has 4 heteroatoms. The van der Waals surface area contributed by atoms with Gasteiger partial charge in [0.15, 0.2) is 0 Å². The summed E-state index contributed by atoms with van der Waals surface area (Å²) in [5.41, 5.74) is 5.55. The lowest BCUT2D eigenvalue weighted by Crippen LogP contribution is -2.04. The summed E-state index contributed by atoms with van der Waals surface area (Å²) in [7, 11) is 0. The second-order valence-corrected chi connectivity index (χ2v) is 3.53. The first-order chi connectivity index (χ1) is 6.99. The molecule has 1 aromatic rings. The predicted octanol–water partition coefficient (Wildman–Crippen LogP) is 3.61. The van der Waals surface area contributed by atoms with Gasteiger partial charge in [0.25, 0.3) is 6.43 Å². The van der Waals surface area contributed by atoms with Gasteiger partial charge in [0.1, 0.15) is 5.82 Å². The molecule has 84 valence electrons. The van der Waals surface area contributed by atoms with E-state index in [0.717, 1.165) is 6.42 Å². The lowest BCUT2D eigenvalue weighted by atomic mass is 9.97. The largest absolute Gasteiger partial charge is 0.396 e. The smallest absolute Gasteiger partial charge is 0.264 e.